The molecule has 0 saturated carbocycles. The summed E-state index contributed by atoms with van der Waals surface area (Å²) in [6.07, 6.45) is 4.74. The van der Waals surface area contributed by atoms with E-state index in [1.807, 2.05) is 47.0 Å². The van der Waals surface area contributed by atoms with Gasteiger partial charge in [-0.15, -0.1) is 0 Å². The van der Waals surface area contributed by atoms with Gasteiger partial charge in [0, 0.05) is 38.5 Å². The molecule has 0 saturated heterocycles. The molecule has 1 aromatic carbocycles. The first-order chi connectivity index (χ1) is 12.4. The van der Waals surface area contributed by atoms with E-state index in [0.717, 1.165) is 34.8 Å². The molecule has 0 fully saturated rings. The summed E-state index contributed by atoms with van der Waals surface area (Å²) in [5.74, 6) is 0.930. The summed E-state index contributed by atoms with van der Waals surface area (Å²) < 4.78 is 5.45. The maximum atomic E-state index is 11.5. The average Bonchev–Trinajstić information content (AvgIpc) is 2.65. The topological polar surface area (TPSA) is 44.8 Å². The van der Waals surface area contributed by atoms with Gasteiger partial charge < -0.3 is 19.9 Å². The molecule has 0 radical (unpaired) electrons. The molecule has 1 aliphatic heterocycles. The second kappa shape index (κ2) is 9.90. The molecule has 144 valence electrons. The van der Waals surface area contributed by atoms with Crippen LogP contribution in [0.25, 0.3) is 0 Å². The molecular formula is C21H33N3O2. The molecule has 1 N–H and O–H groups in total. The van der Waals surface area contributed by atoms with Gasteiger partial charge in [-0.3, -0.25) is 4.79 Å². The normalized spacial score (nSPS) is 16.8. The van der Waals surface area contributed by atoms with Crippen LogP contribution < -0.4 is 15.0 Å². The summed E-state index contributed by atoms with van der Waals surface area (Å²) in [6, 6.07) is 4.23. The molecule has 1 unspecified atom stereocenters. The fraction of sp³-hybridized carbons (Fsp3) is 0.476. The Kier molecular flexibility index (Phi) is 8.23. The summed E-state index contributed by atoms with van der Waals surface area (Å²) in [6.45, 7) is 14.3. The van der Waals surface area contributed by atoms with E-state index in [9.17, 15) is 4.79 Å². The van der Waals surface area contributed by atoms with Gasteiger partial charge in [-0.05, 0) is 31.9 Å². The third-order valence-electron chi connectivity index (χ3n) is 4.51. The lowest BCUT2D eigenvalue weighted by atomic mass is 10.0. The van der Waals surface area contributed by atoms with E-state index in [4.69, 9.17) is 4.74 Å². The molecular weight excluding hydrogens is 326 g/mol. The number of carbonyl (C=O) groups excluding carboxylic acids is 1. The third-order valence-corrected chi connectivity index (χ3v) is 4.51. The van der Waals surface area contributed by atoms with Crippen LogP contribution in [0.15, 0.2) is 36.7 Å². The maximum absolute atomic E-state index is 11.5. The molecule has 5 nitrogen and oxygen atoms in total. The third kappa shape index (κ3) is 4.59. The fourth-order valence-electron chi connectivity index (χ4n) is 3.02. The molecule has 5 heteroatoms. The lowest BCUT2D eigenvalue weighted by Gasteiger charge is -2.38. The quantitative estimate of drug-likeness (QED) is 0.838. The van der Waals surface area contributed by atoms with Gasteiger partial charge in [0.1, 0.15) is 5.75 Å². The Labute approximate surface area is 158 Å². The van der Waals surface area contributed by atoms with Crippen molar-refractivity contribution in [2.24, 2.45) is 0 Å². The van der Waals surface area contributed by atoms with Gasteiger partial charge in [-0.2, -0.15) is 0 Å². The Morgan fingerprint density at radius 3 is 2.58 bits per heavy atom. The van der Waals surface area contributed by atoms with Gasteiger partial charge in [0.15, 0.2) is 0 Å². The van der Waals surface area contributed by atoms with Crippen molar-refractivity contribution in [3.05, 3.63) is 42.2 Å². The highest BCUT2D eigenvalue weighted by Crippen LogP contribution is 2.40. The second-order valence-electron chi connectivity index (χ2n) is 6.03. The Hall–Kier alpha value is -2.43. The van der Waals surface area contributed by atoms with E-state index < -0.39 is 0 Å². The van der Waals surface area contributed by atoms with Crippen molar-refractivity contribution in [2.75, 3.05) is 30.9 Å². The van der Waals surface area contributed by atoms with E-state index in [2.05, 4.69) is 28.9 Å². The van der Waals surface area contributed by atoms with E-state index >= 15 is 0 Å². The largest absolute Gasteiger partial charge is 0.496 e. The molecule has 1 atom stereocenters. The number of benzene rings is 1. The van der Waals surface area contributed by atoms with Gasteiger partial charge in [-0.1, -0.05) is 26.5 Å². The second-order valence-corrected chi connectivity index (χ2v) is 6.03. The number of allylic oxidation sites excluding steroid dienone is 1. The Bertz CT molecular complexity index is 667. The van der Waals surface area contributed by atoms with E-state index in [1.54, 1.807) is 18.9 Å². The number of fused-ring (bicyclic) bond motifs is 1. The van der Waals surface area contributed by atoms with Crippen LogP contribution in [0, 0.1) is 6.92 Å². The molecule has 1 amide bonds. The molecule has 0 aliphatic carbocycles. The minimum Gasteiger partial charge on any atom is -0.496 e. The molecule has 0 aromatic heterocycles. The number of rotatable bonds is 5. The Balaban J connectivity index is 0.00000163. The summed E-state index contributed by atoms with van der Waals surface area (Å²) in [7, 11) is 3.51. The minimum absolute atomic E-state index is 0.0751. The first-order valence-corrected chi connectivity index (χ1v) is 9.17. The number of methoxy groups -OCH3 is 1. The number of ether oxygens (including phenoxy) is 1. The predicted octanol–water partition coefficient (Wildman–Crippen LogP) is 4.55. The highest BCUT2D eigenvalue weighted by Gasteiger charge is 2.28. The number of amides is 1. The number of anilines is 2. The predicted molar refractivity (Wildman–Crippen MR) is 111 cm³/mol. The molecule has 26 heavy (non-hydrogen) atoms. The van der Waals surface area contributed by atoms with Crippen molar-refractivity contribution < 1.29 is 9.53 Å². The molecule has 0 spiro atoms. The summed E-state index contributed by atoms with van der Waals surface area (Å²) in [5, 5.41) is 3.58. The van der Waals surface area contributed by atoms with Crippen LogP contribution in [0.1, 0.15) is 39.7 Å². The van der Waals surface area contributed by atoms with Crippen LogP contribution in [0.3, 0.4) is 0 Å². The first kappa shape index (κ1) is 21.6. The van der Waals surface area contributed by atoms with Crippen molar-refractivity contribution in [1.82, 2.24) is 4.90 Å². The van der Waals surface area contributed by atoms with Crippen molar-refractivity contribution in [1.29, 1.82) is 0 Å². The van der Waals surface area contributed by atoms with E-state index in [0.29, 0.717) is 6.54 Å². The fourth-order valence-corrected chi connectivity index (χ4v) is 3.02. The van der Waals surface area contributed by atoms with Crippen LogP contribution in [0.4, 0.5) is 11.4 Å². The lowest BCUT2D eigenvalue weighted by molar-refractivity contribution is -0.127. The number of nitrogens with one attached hydrogen (secondary N) is 1. The van der Waals surface area contributed by atoms with Gasteiger partial charge >= 0.3 is 0 Å². The standard InChI is InChI=1S/C19H27N3O2.C2H6/c1-7-17-15(9-10-21(5)14(4)23)20-16-12-19(24-6)13(3)11-18(16)22(17)8-2;1-2/h7-8,11-12,15,20H,2,9-10H2,1,3-6H3;1-2H3/b17-7-;. The van der Waals surface area contributed by atoms with Crippen molar-refractivity contribution in [2.45, 2.75) is 47.1 Å². The average molecular weight is 360 g/mol. The van der Waals surface area contributed by atoms with Crippen molar-refractivity contribution in [3.8, 4) is 5.75 Å². The zero-order valence-electron chi connectivity index (χ0n) is 17.2. The van der Waals surface area contributed by atoms with Crippen molar-refractivity contribution in [3.63, 3.8) is 0 Å². The molecule has 2 rings (SSSR count). The zero-order valence-corrected chi connectivity index (χ0v) is 17.2. The molecule has 0 bridgehead atoms. The first-order valence-electron chi connectivity index (χ1n) is 9.17. The number of aryl methyl sites for hydroxylation is 1. The number of hydrogen-bond donors (Lipinski definition) is 1. The molecule has 1 aliphatic rings. The molecule has 1 aromatic rings. The van der Waals surface area contributed by atoms with Gasteiger partial charge in [0.05, 0.1) is 24.5 Å². The highest BCUT2D eigenvalue weighted by molar-refractivity contribution is 5.80. The Morgan fingerprint density at radius 1 is 1.42 bits per heavy atom. The van der Waals surface area contributed by atoms with Crippen LogP contribution in [-0.4, -0.2) is 37.6 Å². The summed E-state index contributed by atoms with van der Waals surface area (Å²) in [5.41, 5.74) is 4.29. The van der Waals surface area contributed by atoms with E-state index in [1.165, 1.54) is 0 Å². The SMILES string of the molecule is C=CN1/C(=C\C)C(CCN(C)C(C)=O)Nc2cc(OC)c(C)cc21.CC. The number of carbonyl (C=O) groups is 1. The van der Waals surface area contributed by atoms with E-state index in [-0.39, 0.29) is 11.9 Å². The zero-order chi connectivity index (χ0) is 19.9. The van der Waals surface area contributed by atoms with Crippen LogP contribution in [0.5, 0.6) is 5.75 Å². The maximum Gasteiger partial charge on any atom is 0.219 e. The monoisotopic (exact) mass is 359 g/mol. The Morgan fingerprint density at radius 2 is 2.08 bits per heavy atom. The van der Waals surface area contributed by atoms with Crippen LogP contribution in [-0.2, 0) is 4.79 Å². The number of nitrogens with zero attached hydrogens (tertiary/aromatic N) is 2. The van der Waals surface area contributed by atoms with Crippen molar-refractivity contribution >= 4 is 17.3 Å². The van der Waals surface area contributed by atoms with Crippen LogP contribution in [0.2, 0.25) is 0 Å². The minimum atomic E-state index is 0.0751. The number of hydrogen-bond acceptors (Lipinski definition) is 4. The molecule has 1 heterocycles. The van der Waals surface area contributed by atoms with Gasteiger partial charge in [0.25, 0.3) is 0 Å². The van der Waals surface area contributed by atoms with Gasteiger partial charge in [0.2, 0.25) is 5.91 Å². The smallest absolute Gasteiger partial charge is 0.219 e. The lowest BCUT2D eigenvalue weighted by Crippen LogP contribution is -2.39. The summed E-state index contributed by atoms with van der Waals surface area (Å²) in [4.78, 5) is 15.3. The summed E-state index contributed by atoms with van der Waals surface area (Å²) >= 11 is 0. The van der Waals surface area contributed by atoms with Gasteiger partial charge in [-0.25, -0.2) is 0 Å². The highest BCUT2D eigenvalue weighted by atomic mass is 16.5. The van der Waals surface area contributed by atoms with Crippen LogP contribution >= 0.6 is 0 Å².